The van der Waals surface area contributed by atoms with E-state index < -0.39 is 11.9 Å². The molecule has 0 atom stereocenters. The summed E-state index contributed by atoms with van der Waals surface area (Å²) >= 11 is 0. The molecule has 0 aliphatic heterocycles. The summed E-state index contributed by atoms with van der Waals surface area (Å²) in [6.45, 7) is 0.432. The standard InChI is InChI=1S/C29H23NO5/c31-28(32)24-12-4-3-11-20(24)21-13-6-14-22-23(27(29(33)34)30-26(21)22)15-7-17-35-25-16-5-9-18-8-1-2-10-19(18)25/h1-6,8-14,16,30H,7,15,17H2,(H,31,32)(H,33,34). The van der Waals surface area contributed by atoms with Gasteiger partial charge in [-0.1, -0.05) is 72.8 Å². The Balaban J connectivity index is 1.44. The molecule has 1 heterocycles. The molecule has 0 aliphatic rings. The first-order valence-corrected chi connectivity index (χ1v) is 11.3. The number of nitrogens with one attached hydrogen (secondary N) is 1. The van der Waals surface area contributed by atoms with Gasteiger partial charge in [0.05, 0.1) is 17.7 Å². The Morgan fingerprint density at radius 3 is 2.26 bits per heavy atom. The molecule has 6 nitrogen and oxygen atoms in total. The Labute approximate surface area is 201 Å². The van der Waals surface area contributed by atoms with Crippen molar-refractivity contribution < 1.29 is 24.5 Å². The van der Waals surface area contributed by atoms with E-state index >= 15 is 0 Å². The topological polar surface area (TPSA) is 99.6 Å². The van der Waals surface area contributed by atoms with E-state index in [1.54, 1.807) is 30.3 Å². The summed E-state index contributed by atoms with van der Waals surface area (Å²) < 4.78 is 6.04. The number of para-hydroxylation sites is 1. The highest BCUT2D eigenvalue weighted by Crippen LogP contribution is 2.34. The normalized spacial score (nSPS) is 11.1. The number of hydrogen-bond acceptors (Lipinski definition) is 3. The first-order chi connectivity index (χ1) is 17.0. The summed E-state index contributed by atoms with van der Waals surface area (Å²) in [5.74, 6) is -1.29. The Bertz CT molecular complexity index is 1560. The third-order valence-corrected chi connectivity index (χ3v) is 6.18. The molecule has 0 fully saturated rings. The Morgan fingerprint density at radius 1 is 0.743 bits per heavy atom. The fourth-order valence-corrected chi connectivity index (χ4v) is 4.60. The molecule has 0 amide bonds. The third-order valence-electron chi connectivity index (χ3n) is 6.18. The van der Waals surface area contributed by atoms with Gasteiger partial charge in [-0.2, -0.15) is 0 Å². The second-order valence-corrected chi connectivity index (χ2v) is 8.29. The fourth-order valence-electron chi connectivity index (χ4n) is 4.60. The van der Waals surface area contributed by atoms with Crippen LogP contribution >= 0.6 is 0 Å². The summed E-state index contributed by atoms with van der Waals surface area (Å²) in [5.41, 5.74) is 2.77. The lowest BCUT2D eigenvalue weighted by atomic mass is 9.96. The highest BCUT2D eigenvalue weighted by molar-refractivity contribution is 6.06. The molecule has 174 valence electrons. The van der Waals surface area contributed by atoms with Gasteiger partial charge in [0, 0.05) is 16.3 Å². The van der Waals surface area contributed by atoms with Gasteiger partial charge < -0.3 is 19.9 Å². The van der Waals surface area contributed by atoms with Crippen molar-refractivity contribution in [2.24, 2.45) is 0 Å². The van der Waals surface area contributed by atoms with E-state index in [0.717, 1.165) is 21.9 Å². The van der Waals surface area contributed by atoms with E-state index in [0.29, 0.717) is 41.7 Å². The largest absolute Gasteiger partial charge is 0.493 e. The zero-order valence-corrected chi connectivity index (χ0v) is 18.8. The van der Waals surface area contributed by atoms with Crippen molar-refractivity contribution in [3.05, 3.63) is 102 Å². The quantitative estimate of drug-likeness (QED) is 0.230. The summed E-state index contributed by atoms with van der Waals surface area (Å²) in [6.07, 6.45) is 1.11. The van der Waals surface area contributed by atoms with E-state index in [-0.39, 0.29) is 11.3 Å². The second kappa shape index (κ2) is 9.35. The van der Waals surface area contributed by atoms with E-state index in [9.17, 15) is 19.8 Å². The van der Waals surface area contributed by atoms with Crippen molar-refractivity contribution in [1.29, 1.82) is 0 Å². The number of carboxylic acids is 2. The molecule has 0 bridgehead atoms. The van der Waals surface area contributed by atoms with E-state index in [1.807, 2.05) is 54.6 Å². The monoisotopic (exact) mass is 465 g/mol. The molecule has 5 rings (SSSR count). The fraction of sp³-hybridized carbons (Fsp3) is 0.103. The van der Waals surface area contributed by atoms with Gasteiger partial charge >= 0.3 is 11.9 Å². The molecule has 0 aliphatic carbocycles. The van der Waals surface area contributed by atoms with E-state index in [1.165, 1.54) is 0 Å². The second-order valence-electron chi connectivity index (χ2n) is 8.29. The molecule has 0 saturated heterocycles. The number of rotatable bonds is 8. The SMILES string of the molecule is O=C(O)c1ccccc1-c1cccc2c(CCCOc3cccc4ccccc34)c(C(=O)O)[nH]c12. The zero-order valence-electron chi connectivity index (χ0n) is 18.8. The van der Waals surface area contributed by atoms with Crippen LogP contribution < -0.4 is 4.74 Å². The Hall–Kier alpha value is -4.58. The van der Waals surface area contributed by atoms with Crippen LogP contribution in [-0.2, 0) is 6.42 Å². The number of hydrogen-bond donors (Lipinski definition) is 3. The van der Waals surface area contributed by atoms with Crippen LogP contribution in [0, 0.1) is 0 Å². The minimum absolute atomic E-state index is 0.116. The maximum absolute atomic E-state index is 12.1. The predicted molar refractivity (Wildman–Crippen MR) is 135 cm³/mol. The summed E-state index contributed by atoms with van der Waals surface area (Å²) in [6, 6.07) is 26.2. The lowest BCUT2D eigenvalue weighted by Gasteiger charge is -2.10. The van der Waals surface area contributed by atoms with Gasteiger partial charge in [0.25, 0.3) is 0 Å². The highest BCUT2D eigenvalue weighted by Gasteiger charge is 2.21. The lowest BCUT2D eigenvalue weighted by Crippen LogP contribution is -2.04. The van der Waals surface area contributed by atoms with Crippen molar-refractivity contribution in [2.75, 3.05) is 6.61 Å². The number of aryl methyl sites for hydroxylation is 1. The van der Waals surface area contributed by atoms with Crippen LogP contribution in [0.1, 0.15) is 32.8 Å². The van der Waals surface area contributed by atoms with Gasteiger partial charge in [-0.3, -0.25) is 0 Å². The molecule has 6 heteroatoms. The summed E-state index contributed by atoms with van der Waals surface area (Å²) in [4.78, 5) is 26.9. The lowest BCUT2D eigenvalue weighted by molar-refractivity contribution is 0.0682. The van der Waals surface area contributed by atoms with Crippen LogP contribution in [0.15, 0.2) is 84.9 Å². The molecule has 0 radical (unpaired) electrons. The number of carboxylic acid groups (broad SMARTS) is 2. The van der Waals surface area contributed by atoms with Crippen LogP contribution in [0.3, 0.4) is 0 Å². The molecule has 5 aromatic rings. The Kier molecular flexibility index (Phi) is 5.94. The zero-order chi connectivity index (χ0) is 24.4. The number of benzene rings is 4. The van der Waals surface area contributed by atoms with Gasteiger partial charge in [0.1, 0.15) is 11.4 Å². The molecule has 4 aromatic carbocycles. The first-order valence-electron chi connectivity index (χ1n) is 11.3. The molecule has 0 saturated carbocycles. The predicted octanol–water partition coefficient (Wildman–Crippen LogP) is 6.40. The molecule has 3 N–H and O–H groups in total. The van der Waals surface area contributed by atoms with Crippen LogP contribution in [0.2, 0.25) is 0 Å². The van der Waals surface area contributed by atoms with Gasteiger partial charge in [-0.15, -0.1) is 0 Å². The third kappa shape index (κ3) is 4.22. The average Bonchev–Trinajstić information content (AvgIpc) is 3.26. The van der Waals surface area contributed by atoms with Crippen LogP contribution in [-0.4, -0.2) is 33.7 Å². The number of aromatic amines is 1. The van der Waals surface area contributed by atoms with Crippen LogP contribution in [0.5, 0.6) is 5.75 Å². The maximum Gasteiger partial charge on any atom is 0.352 e. The van der Waals surface area contributed by atoms with Crippen molar-refractivity contribution in [3.8, 4) is 16.9 Å². The number of fused-ring (bicyclic) bond motifs is 2. The van der Waals surface area contributed by atoms with Crippen LogP contribution in [0.4, 0.5) is 0 Å². The van der Waals surface area contributed by atoms with Crippen molar-refractivity contribution in [1.82, 2.24) is 4.98 Å². The van der Waals surface area contributed by atoms with Crippen molar-refractivity contribution in [2.45, 2.75) is 12.8 Å². The molecular weight excluding hydrogens is 442 g/mol. The smallest absolute Gasteiger partial charge is 0.352 e. The summed E-state index contributed by atoms with van der Waals surface area (Å²) in [7, 11) is 0. The number of H-pyrrole nitrogens is 1. The number of aromatic carboxylic acids is 2. The van der Waals surface area contributed by atoms with Gasteiger partial charge in [0.2, 0.25) is 0 Å². The van der Waals surface area contributed by atoms with E-state index in [4.69, 9.17) is 4.74 Å². The summed E-state index contributed by atoms with van der Waals surface area (Å²) in [5, 5.41) is 22.4. The Morgan fingerprint density at radius 2 is 1.43 bits per heavy atom. The number of carbonyl (C=O) groups is 2. The minimum atomic E-state index is -1.05. The van der Waals surface area contributed by atoms with Gasteiger partial charge in [-0.05, 0) is 41.5 Å². The molecule has 1 aromatic heterocycles. The van der Waals surface area contributed by atoms with Gasteiger partial charge in [-0.25, -0.2) is 9.59 Å². The molecular formula is C29H23NO5. The average molecular weight is 466 g/mol. The molecule has 35 heavy (non-hydrogen) atoms. The van der Waals surface area contributed by atoms with E-state index in [2.05, 4.69) is 4.98 Å². The maximum atomic E-state index is 12.1. The van der Waals surface area contributed by atoms with Crippen LogP contribution in [0.25, 0.3) is 32.8 Å². The van der Waals surface area contributed by atoms with Gasteiger partial charge in [0.15, 0.2) is 0 Å². The minimum Gasteiger partial charge on any atom is -0.493 e. The van der Waals surface area contributed by atoms with Crippen molar-refractivity contribution >= 4 is 33.6 Å². The van der Waals surface area contributed by atoms with Crippen molar-refractivity contribution in [3.63, 3.8) is 0 Å². The highest BCUT2D eigenvalue weighted by atomic mass is 16.5. The number of ether oxygens (including phenoxy) is 1. The first kappa shape index (κ1) is 22.2. The molecule has 0 unspecified atom stereocenters. The molecule has 0 spiro atoms. The number of aromatic nitrogens is 1.